The summed E-state index contributed by atoms with van der Waals surface area (Å²) >= 11 is 0. The Labute approximate surface area is 192 Å². The maximum absolute atomic E-state index is 12.8. The summed E-state index contributed by atoms with van der Waals surface area (Å²) in [5.41, 5.74) is 3.69. The Balaban J connectivity index is 1.23. The van der Waals surface area contributed by atoms with Crippen molar-refractivity contribution in [1.29, 1.82) is 0 Å². The maximum Gasteiger partial charge on any atom is 0.321 e. The van der Waals surface area contributed by atoms with E-state index in [9.17, 15) is 14.4 Å². The first-order valence-electron chi connectivity index (χ1n) is 11.2. The Morgan fingerprint density at radius 1 is 0.818 bits per heavy atom. The highest BCUT2D eigenvalue weighted by Gasteiger charge is 2.42. The Bertz CT molecular complexity index is 1200. The molecule has 2 heterocycles. The van der Waals surface area contributed by atoms with Gasteiger partial charge in [0.1, 0.15) is 0 Å². The van der Waals surface area contributed by atoms with Gasteiger partial charge < -0.3 is 15.5 Å². The van der Waals surface area contributed by atoms with E-state index in [-0.39, 0.29) is 17.7 Å². The van der Waals surface area contributed by atoms with E-state index in [1.54, 1.807) is 41.3 Å². The summed E-state index contributed by atoms with van der Waals surface area (Å²) in [5.74, 6) is -0.0126. The summed E-state index contributed by atoms with van der Waals surface area (Å²) in [6.45, 7) is 1.09. The van der Waals surface area contributed by atoms with Gasteiger partial charge in [-0.25, -0.2) is 4.79 Å². The van der Waals surface area contributed by atoms with Crippen LogP contribution in [0, 0.1) is 0 Å². The maximum atomic E-state index is 12.8. The zero-order chi connectivity index (χ0) is 22.8. The second-order valence-electron chi connectivity index (χ2n) is 8.65. The van der Waals surface area contributed by atoms with Crippen molar-refractivity contribution in [2.45, 2.75) is 24.8 Å². The van der Waals surface area contributed by atoms with Crippen LogP contribution in [0.4, 0.5) is 10.5 Å². The van der Waals surface area contributed by atoms with Crippen molar-refractivity contribution >= 4 is 23.4 Å². The summed E-state index contributed by atoms with van der Waals surface area (Å²) < 4.78 is 0. The van der Waals surface area contributed by atoms with Gasteiger partial charge in [-0.05, 0) is 48.2 Å². The minimum atomic E-state index is -0.401. The fourth-order valence-electron chi connectivity index (χ4n) is 4.84. The van der Waals surface area contributed by atoms with Crippen molar-refractivity contribution in [2.24, 2.45) is 0 Å². The molecule has 6 nitrogen and oxygen atoms in total. The van der Waals surface area contributed by atoms with Crippen LogP contribution in [-0.2, 0) is 16.8 Å². The SMILES string of the molecule is O=C1Cc2ccccc2C2(CCN(C(=O)Nc3ccc(C(=O)c4ccccc4)cc3)CC2)N1. The van der Waals surface area contributed by atoms with E-state index < -0.39 is 5.54 Å². The number of benzene rings is 3. The van der Waals surface area contributed by atoms with E-state index in [4.69, 9.17) is 0 Å². The number of ketones is 1. The van der Waals surface area contributed by atoms with E-state index in [1.807, 2.05) is 36.4 Å². The molecule has 0 bridgehead atoms. The Kier molecular flexibility index (Phi) is 5.42. The van der Waals surface area contributed by atoms with E-state index in [2.05, 4.69) is 16.7 Å². The number of carbonyl (C=O) groups is 3. The average Bonchev–Trinajstić information content (AvgIpc) is 2.85. The summed E-state index contributed by atoms with van der Waals surface area (Å²) in [4.78, 5) is 39.5. The quantitative estimate of drug-likeness (QED) is 0.603. The zero-order valence-corrected chi connectivity index (χ0v) is 18.2. The fraction of sp³-hybridized carbons (Fsp3) is 0.222. The smallest absolute Gasteiger partial charge is 0.321 e. The lowest BCUT2D eigenvalue weighted by molar-refractivity contribution is -0.124. The van der Waals surface area contributed by atoms with Crippen molar-refractivity contribution in [1.82, 2.24) is 10.2 Å². The van der Waals surface area contributed by atoms with E-state index in [1.165, 1.54) is 5.56 Å². The summed E-state index contributed by atoms with van der Waals surface area (Å²) in [7, 11) is 0. The van der Waals surface area contributed by atoms with Gasteiger partial charge in [-0.3, -0.25) is 9.59 Å². The van der Waals surface area contributed by atoms with Gasteiger partial charge in [0.25, 0.3) is 0 Å². The molecule has 33 heavy (non-hydrogen) atoms. The molecule has 0 aliphatic carbocycles. The molecule has 0 saturated carbocycles. The minimum Gasteiger partial charge on any atom is -0.346 e. The normalized spacial score (nSPS) is 16.6. The summed E-state index contributed by atoms with van der Waals surface area (Å²) in [6.07, 6.45) is 1.76. The van der Waals surface area contributed by atoms with Crippen molar-refractivity contribution in [3.8, 4) is 0 Å². The number of likely N-dealkylation sites (tertiary alicyclic amines) is 1. The predicted octanol–water partition coefficient (Wildman–Crippen LogP) is 4.11. The monoisotopic (exact) mass is 439 g/mol. The minimum absolute atomic E-state index is 0.0386. The summed E-state index contributed by atoms with van der Waals surface area (Å²) in [5, 5.41) is 6.12. The van der Waals surface area contributed by atoms with Crippen LogP contribution in [0.15, 0.2) is 78.9 Å². The molecule has 1 spiro atoms. The van der Waals surface area contributed by atoms with Crippen LogP contribution in [0.3, 0.4) is 0 Å². The van der Waals surface area contributed by atoms with E-state index in [0.717, 1.165) is 5.56 Å². The Hall–Kier alpha value is -3.93. The lowest BCUT2D eigenvalue weighted by Gasteiger charge is -2.45. The lowest BCUT2D eigenvalue weighted by atomic mass is 9.76. The molecule has 0 aromatic heterocycles. The van der Waals surface area contributed by atoms with Crippen molar-refractivity contribution in [3.05, 3.63) is 101 Å². The number of urea groups is 1. The third-order valence-corrected chi connectivity index (χ3v) is 6.60. The molecule has 2 aliphatic heterocycles. The molecule has 0 atom stereocenters. The van der Waals surface area contributed by atoms with Crippen LogP contribution in [0.25, 0.3) is 0 Å². The number of hydrogen-bond donors (Lipinski definition) is 2. The number of anilines is 1. The number of rotatable bonds is 3. The third-order valence-electron chi connectivity index (χ3n) is 6.60. The number of nitrogens with zero attached hydrogens (tertiary/aromatic N) is 1. The Morgan fingerprint density at radius 3 is 2.18 bits per heavy atom. The van der Waals surface area contributed by atoms with E-state index >= 15 is 0 Å². The highest BCUT2D eigenvalue weighted by atomic mass is 16.2. The molecule has 5 rings (SSSR count). The molecule has 166 valence electrons. The second-order valence-corrected chi connectivity index (χ2v) is 8.65. The fourth-order valence-corrected chi connectivity index (χ4v) is 4.84. The third kappa shape index (κ3) is 4.12. The molecular weight excluding hydrogens is 414 g/mol. The zero-order valence-electron chi connectivity index (χ0n) is 18.2. The number of nitrogens with one attached hydrogen (secondary N) is 2. The van der Waals surface area contributed by atoms with Gasteiger partial charge in [0, 0.05) is 29.9 Å². The molecular formula is C27H25N3O3. The first-order chi connectivity index (χ1) is 16.0. The number of amides is 3. The first kappa shape index (κ1) is 20.9. The van der Waals surface area contributed by atoms with Crippen molar-refractivity contribution in [3.63, 3.8) is 0 Å². The number of fused-ring (bicyclic) bond motifs is 2. The molecule has 3 amide bonds. The topological polar surface area (TPSA) is 78.5 Å². The summed E-state index contributed by atoms with van der Waals surface area (Å²) in [6, 6.07) is 24.0. The van der Waals surface area contributed by atoms with Gasteiger partial charge in [0.2, 0.25) is 5.91 Å². The van der Waals surface area contributed by atoms with Gasteiger partial charge in [-0.1, -0.05) is 54.6 Å². The number of hydrogen-bond acceptors (Lipinski definition) is 3. The number of piperidine rings is 1. The average molecular weight is 440 g/mol. The molecule has 2 aliphatic rings. The van der Waals surface area contributed by atoms with Crippen LogP contribution in [0.2, 0.25) is 0 Å². The van der Waals surface area contributed by atoms with Gasteiger partial charge in [-0.15, -0.1) is 0 Å². The van der Waals surface area contributed by atoms with Gasteiger partial charge in [-0.2, -0.15) is 0 Å². The molecule has 3 aromatic carbocycles. The standard InChI is InChI=1S/C27H25N3O3/c31-24-18-21-8-4-5-9-23(21)27(29-24)14-16-30(17-15-27)26(33)28-22-12-10-20(11-13-22)25(32)19-6-2-1-3-7-19/h1-13H,14-18H2,(H,28,33)(H,29,31). The van der Waals surface area contributed by atoms with Crippen LogP contribution in [-0.4, -0.2) is 35.7 Å². The molecule has 1 saturated heterocycles. The van der Waals surface area contributed by atoms with Gasteiger partial charge in [0.15, 0.2) is 5.78 Å². The van der Waals surface area contributed by atoms with E-state index in [0.29, 0.717) is 49.2 Å². The molecule has 2 N–H and O–H groups in total. The molecule has 3 aromatic rings. The van der Waals surface area contributed by atoms with Crippen LogP contribution in [0.5, 0.6) is 0 Å². The van der Waals surface area contributed by atoms with Gasteiger partial charge >= 0.3 is 6.03 Å². The second kappa shape index (κ2) is 8.54. The van der Waals surface area contributed by atoms with Crippen molar-refractivity contribution in [2.75, 3.05) is 18.4 Å². The highest BCUT2D eigenvalue weighted by molar-refractivity contribution is 6.09. The predicted molar refractivity (Wildman–Crippen MR) is 126 cm³/mol. The molecule has 1 fully saturated rings. The highest BCUT2D eigenvalue weighted by Crippen LogP contribution is 2.37. The van der Waals surface area contributed by atoms with Gasteiger partial charge in [0.05, 0.1) is 12.0 Å². The molecule has 6 heteroatoms. The van der Waals surface area contributed by atoms with Crippen molar-refractivity contribution < 1.29 is 14.4 Å². The van der Waals surface area contributed by atoms with Crippen LogP contribution in [0.1, 0.15) is 39.9 Å². The van der Waals surface area contributed by atoms with Crippen LogP contribution >= 0.6 is 0 Å². The Morgan fingerprint density at radius 2 is 1.45 bits per heavy atom. The molecule has 0 radical (unpaired) electrons. The first-order valence-corrected chi connectivity index (χ1v) is 11.2. The number of carbonyl (C=O) groups excluding carboxylic acids is 3. The molecule has 0 unspecified atom stereocenters. The largest absolute Gasteiger partial charge is 0.346 e. The van der Waals surface area contributed by atoms with Crippen LogP contribution < -0.4 is 10.6 Å². The lowest BCUT2D eigenvalue weighted by Crippen LogP contribution is -2.57.